The largest absolute Gasteiger partial charge is 0.382 e. The maximum atomic E-state index is 12.3. The highest BCUT2D eigenvalue weighted by molar-refractivity contribution is 5.88. The number of aromatic nitrogens is 3. The molecule has 0 saturated carbocycles. The van der Waals surface area contributed by atoms with Gasteiger partial charge >= 0.3 is 0 Å². The Labute approximate surface area is 93.5 Å². The van der Waals surface area contributed by atoms with Gasteiger partial charge in [-0.3, -0.25) is 9.48 Å². The Morgan fingerprint density at radius 3 is 2.62 bits per heavy atom. The van der Waals surface area contributed by atoms with Crippen molar-refractivity contribution in [2.24, 2.45) is 7.05 Å². The van der Waals surface area contributed by atoms with Gasteiger partial charge in [-0.25, -0.2) is 0 Å². The maximum Gasteiger partial charge on any atom is 0.264 e. The molecule has 5 nitrogen and oxygen atoms in total. The molecule has 0 bridgehead atoms. The number of nitrogens with zero attached hydrogens (tertiary/aromatic N) is 3. The van der Waals surface area contributed by atoms with E-state index < -0.39 is 0 Å². The summed E-state index contributed by atoms with van der Waals surface area (Å²) in [7, 11) is 1.79. The Morgan fingerprint density at radius 1 is 1.44 bits per heavy atom. The molecule has 0 amide bonds. The van der Waals surface area contributed by atoms with Crippen LogP contribution in [0.15, 0.2) is 10.9 Å². The van der Waals surface area contributed by atoms with Crippen LogP contribution in [0.25, 0.3) is 10.9 Å². The molecule has 86 valence electrons. The van der Waals surface area contributed by atoms with Crippen molar-refractivity contribution in [2.45, 2.75) is 26.8 Å². The van der Waals surface area contributed by atoms with E-state index in [0.29, 0.717) is 11.2 Å². The second kappa shape index (κ2) is 3.37. The van der Waals surface area contributed by atoms with Crippen molar-refractivity contribution in [1.82, 2.24) is 14.3 Å². The highest BCUT2D eigenvalue weighted by Gasteiger charge is 2.15. The first-order valence-corrected chi connectivity index (χ1v) is 5.27. The number of nitrogens with two attached hydrogens (primary N) is 1. The van der Waals surface area contributed by atoms with E-state index in [-0.39, 0.29) is 11.6 Å². The molecule has 16 heavy (non-hydrogen) atoms. The Morgan fingerprint density at radius 2 is 2.06 bits per heavy atom. The summed E-state index contributed by atoms with van der Waals surface area (Å²) in [5.41, 5.74) is 7.41. The standard InChI is InChI=1S/C11H16N4O/c1-6(2)15-7(3)5-8-9(11(15)16)10(12)13-14(8)4/h5-6H,1-4H3,(H2,12,13). The number of nitrogen functional groups attached to an aromatic ring is 1. The molecule has 0 fully saturated rings. The molecule has 0 aromatic carbocycles. The average molecular weight is 220 g/mol. The van der Waals surface area contributed by atoms with E-state index in [4.69, 9.17) is 5.73 Å². The molecule has 0 atom stereocenters. The van der Waals surface area contributed by atoms with Gasteiger partial charge in [0.05, 0.1) is 5.52 Å². The van der Waals surface area contributed by atoms with Crippen LogP contribution in [0.2, 0.25) is 0 Å². The first kappa shape index (κ1) is 10.7. The van der Waals surface area contributed by atoms with E-state index in [1.165, 1.54) is 0 Å². The molecule has 0 aliphatic carbocycles. The predicted molar refractivity (Wildman–Crippen MR) is 64.5 cm³/mol. The zero-order valence-electron chi connectivity index (χ0n) is 9.98. The summed E-state index contributed by atoms with van der Waals surface area (Å²) >= 11 is 0. The molecule has 0 unspecified atom stereocenters. The third-order valence-corrected chi connectivity index (χ3v) is 2.79. The maximum absolute atomic E-state index is 12.3. The predicted octanol–water partition coefficient (Wildman–Crippen LogP) is 1.21. The average Bonchev–Trinajstić information content (AvgIpc) is 2.41. The topological polar surface area (TPSA) is 65.8 Å². The minimum Gasteiger partial charge on any atom is -0.382 e. The molecular weight excluding hydrogens is 204 g/mol. The molecule has 2 rings (SSSR count). The van der Waals surface area contributed by atoms with E-state index in [0.717, 1.165) is 11.2 Å². The van der Waals surface area contributed by atoms with Crippen LogP contribution in [-0.2, 0) is 7.05 Å². The molecule has 0 aliphatic heterocycles. The first-order valence-electron chi connectivity index (χ1n) is 5.27. The van der Waals surface area contributed by atoms with Crippen molar-refractivity contribution in [3.05, 3.63) is 22.1 Å². The number of rotatable bonds is 1. The van der Waals surface area contributed by atoms with Crippen molar-refractivity contribution in [2.75, 3.05) is 5.73 Å². The second-order valence-corrected chi connectivity index (χ2v) is 4.32. The lowest BCUT2D eigenvalue weighted by Gasteiger charge is -2.13. The fourth-order valence-electron chi connectivity index (χ4n) is 2.13. The molecule has 2 N–H and O–H groups in total. The van der Waals surface area contributed by atoms with Crippen LogP contribution in [0.3, 0.4) is 0 Å². The van der Waals surface area contributed by atoms with Crippen LogP contribution in [0.4, 0.5) is 5.82 Å². The minimum absolute atomic E-state index is 0.0596. The highest BCUT2D eigenvalue weighted by Crippen LogP contribution is 2.18. The molecule has 2 aromatic rings. The van der Waals surface area contributed by atoms with Gasteiger partial charge in [-0.05, 0) is 26.8 Å². The van der Waals surface area contributed by atoms with Crippen molar-refractivity contribution < 1.29 is 0 Å². The monoisotopic (exact) mass is 220 g/mol. The number of pyridine rings is 1. The van der Waals surface area contributed by atoms with Crippen molar-refractivity contribution in [3.63, 3.8) is 0 Å². The number of anilines is 1. The van der Waals surface area contributed by atoms with Gasteiger partial charge in [0.1, 0.15) is 5.39 Å². The van der Waals surface area contributed by atoms with E-state index in [9.17, 15) is 4.79 Å². The Bertz CT molecular complexity index is 606. The van der Waals surface area contributed by atoms with Crippen molar-refractivity contribution >= 4 is 16.7 Å². The highest BCUT2D eigenvalue weighted by atomic mass is 16.1. The summed E-state index contributed by atoms with van der Waals surface area (Å²) in [6, 6.07) is 2.07. The number of aryl methyl sites for hydroxylation is 2. The van der Waals surface area contributed by atoms with Crippen LogP contribution >= 0.6 is 0 Å². The minimum atomic E-state index is -0.0596. The smallest absolute Gasteiger partial charge is 0.264 e. The lowest BCUT2D eigenvalue weighted by molar-refractivity contribution is 0.567. The first-order chi connectivity index (χ1) is 7.43. The zero-order valence-corrected chi connectivity index (χ0v) is 9.98. The van der Waals surface area contributed by atoms with E-state index in [2.05, 4.69) is 5.10 Å². The van der Waals surface area contributed by atoms with Gasteiger partial charge in [0, 0.05) is 18.8 Å². The summed E-state index contributed by atoms with van der Waals surface area (Å²) in [5, 5.41) is 4.59. The Hall–Kier alpha value is -1.78. The van der Waals surface area contributed by atoms with Gasteiger partial charge in [-0.1, -0.05) is 0 Å². The van der Waals surface area contributed by atoms with Crippen LogP contribution < -0.4 is 11.3 Å². The van der Waals surface area contributed by atoms with Crippen molar-refractivity contribution in [3.8, 4) is 0 Å². The van der Waals surface area contributed by atoms with E-state index in [1.807, 2.05) is 26.8 Å². The van der Waals surface area contributed by atoms with Crippen LogP contribution in [0.1, 0.15) is 25.6 Å². The summed E-state index contributed by atoms with van der Waals surface area (Å²) < 4.78 is 3.38. The normalized spacial score (nSPS) is 11.6. The molecule has 5 heteroatoms. The summed E-state index contributed by atoms with van der Waals surface area (Å²) in [4.78, 5) is 12.3. The molecule has 0 aliphatic rings. The van der Waals surface area contributed by atoms with Crippen LogP contribution in [0, 0.1) is 6.92 Å². The third-order valence-electron chi connectivity index (χ3n) is 2.79. The number of hydrogen-bond acceptors (Lipinski definition) is 3. The summed E-state index contributed by atoms with van der Waals surface area (Å²) in [6.07, 6.45) is 0. The summed E-state index contributed by atoms with van der Waals surface area (Å²) in [6.45, 7) is 5.88. The Kier molecular flexibility index (Phi) is 2.26. The molecule has 2 heterocycles. The second-order valence-electron chi connectivity index (χ2n) is 4.32. The van der Waals surface area contributed by atoms with Gasteiger partial charge in [-0.15, -0.1) is 0 Å². The van der Waals surface area contributed by atoms with Gasteiger partial charge in [0.25, 0.3) is 5.56 Å². The van der Waals surface area contributed by atoms with Gasteiger partial charge in [0.15, 0.2) is 5.82 Å². The van der Waals surface area contributed by atoms with Gasteiger partial charge in [-0.2, -0.15) is 5.10 Å². The lowest BCUT2D eigenvalue weighted by Crippen LogP contribution is -2.24. The van der Waals surface area contributed by atoms with Crippen LogP contribution in [-0.4, -0.2) is 14.3 Å². The summed E-state index contributed by atoms with van der Waals surface area (Å²) in [5.74, 6) is 0.303. The molecule has 0 saturated heterocycles. The zero-order chi connectivity index (χ0) is 12.0. The molecule has 2 aromatic heterocycles. The SMILES string of the molecule is Cc1cc2c(c(N)nn2C)c(=O)n1C(C)C. The van der Waals surface area contributed by atoms with E-state index >= 15 is 0 Å². The molecule has 0 spiro atoms. The van der Waals surface area contributed by atoms with Crippen LogP contribution in [0.5, 0.6) is 0 Å². The fourth-order valence-corrected chi connectivity index (χ4v) is 2.13. The fraction of sp³-hybridized carbons (Fsp3) is 0.455. The van der Waals surface area contributed by atoms with Gasteiger partial charge in [0.2, 0.25) is 0 Å². The third kappa shape index (κ3) is 1.31. The number of fused-ring (bicyclic) bond motifs is 1. The quantitative estimate of drug-likeness (QED) is 0.785. The number of hydrogen-bond donors (Lipinski definition) is 1. The molecular formula is C11H16N4O. The van der Waals surface area contributed by atoms with E-state index in [1.54, 1.807) is 16.3 Å². The molecule has 0 radical (unpaired) electrons. The lowest BCUT2D eigenvalue weighted by atomic mass is 10.2. The van der Waals surface area contributed by atoms with Gasteiger partial charge < -0.3 is 10.3 Å². The van der Waals surface area contributed by atoms with Crippen molar-refractivity contribution in [1.29, 1.82) is 0 Å². The Balaban J connectivity index is 2.98.